The Morgan fingerprint density at radius 1 is 0.517 bits per heavy atom. The van der Waals surface area contributed by atoms with Crippen LogP contribution in [0.1, 0.15) is 119 Å². The number of hydrogen-bond donors (Lipinski definition) is 3. The van der Waals surface area contributed by atoms with E-state index in [2.05, 4.69) is 41.5 Å². The van der Waals surface area contributed by atoms with Crippen LogP contribution in [0.3, 0.4) is 0 Å². The summed E-state index contributed by atoms with van der Waals surface area (Å²) in [7, 11) is 0. The van der Waals surface area contributed by atoms with E-state index in [-0.39, 0.29) is 0 Å². The molecule has 0 aromatic heterocycles. The van der Waals surface area contributed by atoms with E-state index < -0.39 is 0 Å². The zero-order chi connectivity index (χ0) is 23.3. The van der Waals surface area contributed by atoms with E-state index in [9.17, 15) is 0 Å². The van der Waals surface area contributed by atoms with Crippen molar-refractivity contribution in [2.24, 2.45) is 17.8 Å². The van der Waals surface area contributed by atoms with Gasteiger partial charge in [0.05, 0.1) is 0 Å². The molecule has 0 rings (SSSR count). The molecular weight excluding hydrogens is 403 g/mol. The maximum atomic E-state index is 8.75. The molecule has 0 aliphatic heterocycles. The molecule has 3 atom stereocenters. The molecule has 0 aromatic rings. The zero-order valence-corrected chi connectivity index (χ0v) is 21.9. The number of aliphatic hydroxyl groups is 3. The number of hydrogen-bond acceptors (Lipinski definition) is 4. The average molecular weight is 458 g/mol. The normalized spacial score (nSPS) is 12.8. The van der Waals surface area contributed by atoms with Crippen LogP contribution >= 0.6 is 0 Å². The Balaban J connectivity index is -0.000000155. The Labute approximate surface area is 192 Å². The summed E-state index contributed by atoms with van der Waals surface area (Å²) in [4.78, 5) is 0. The Kier molecular flexibility index (Phi) is 45.1. The van der Waals surface area contributed by atoms with E-state index in [4.69, 9.17) is 19.0 Å². The first-order chi connectivity index (χ1) is 14.0. The average Bonchev–Trinajstić information content (AvgIpc) is 2.78. The van der Waals surface area contributed by atoms with Crippen LogP contribution in [0.25, 0.3) is 0 Å². The molecule has 5 heteroatoms. The molecule has 0 aliphatic carbocycles. The van der Waals surface area contributed by atoms with Crippen molar-refractivity contribution in [3.8, 4) is 0 Å². The second kappa shape index (κ2) is 35.7. The molecule has 0 bridgehead atoms. The summed E-state index contributed by atoms with van der Waals surface area (Å²) >= 11 is 1.06. The maximum absolute atomic E-state index is 8.75. The first kappa shape index (κ1) is 36.6. The van der Waals surface area contributed by atoms with Crippen molar-refractivity contribution in [3.05, 3.63) is 0 Å². The van der Waals surface area contributed by atoms with Gasteiger partial charge in [-0.25, -0.2) is 0 Å². The van der Waals surface area contributed by atoms with Crippen LogP contribution in [0, 0.1) is 17.8 Å². The fourth-order valence-corrected chi connectivity index (χ4v) is 2.75. The molecule has 0 aromatic carbocycles. The van der Waals surface area contributed by atoms with Crippen molar-refractivity contribution in [2.75, 3.05) is 19.8 Å². The number of unbranched alkanes of at least 4 members (excludes halogenated alkanes) is 3. The van der Waals surface area contributed by atoms with Gasteiger partial charge < -0.3 is 15.3 Å². The van der Waals surface area contributed by atoms with Gasteiger partial charge in [-0.05, 0) is 37.0 Å². The molecule has 0 amide bonds. The molecular formula is C24H54O4V. The van der Waals surface area contributed by atoms with Crippen LogP contribution < -0.4 is 0 Å². The Morgan fingerprint density at radius 3 is 0.828 bits per heavy atom. The van der Waals surface area contributed by atoms with Gasteiger partial charge in [-0.2, -0.15) is 0 Å². The van der Waals surface area contributed by atoms with Gasteiger partial charge in [0.2, 0.25) is 0 Å². The summed E-state index contributed by atoms with van der Waals surface area (Å²) < 4.78 is 8.19. The summed E-state index contributed by atoms with van der Waals surface area (Å²) in [5.74, 6) is 1.68. The Morgan fingerprint density at radius 2 is 0.724 bits per heavy atom. The first-order valence-corrected chi connectivity index (χ1v) is 12.6. The predicted molar refractivity (Wildman–Crippen MR) is 122 cm³/mol. The van der Waals surface area contributed by atoms with Crippen LogP contribution in [0.4, 0.5) is 0 Å². The van der Waals surface area contributed by atoms with E-state index in [1.807, 2.05) is 0 Å². The molecule has 0 aliphatic rings. The fourth-order valence-electron chi connectivity index (χ4n) is 2.75. The predicted octanol–water partition coefficient (Wildman–Crippen LogP) is 6.46. The van der Waals surface area contributed by atoms with Crippen LogP contribution in [0.15, 0.2) is 0 Å². The standard InChI is InChI=1S/3C8H18O.O.V/c3*1-3-5-6-8(4-2)7-9;;/h3*8-9H,3-7H2,1-2H3;;. The number of rotatable bonds is 15. The third-order valence-corrected chi connectivity index (χ3v) is 5.40. The second-order valence-electron chi connectivity index (χ2n) is 7.80. The summed E-state index contributed by atoms with van der Waals surface area (Å²) in [6.45, 7) is 14.1. The third kappa shape index (κ3) is 33.1. The van der Waals surface area contributed by atoms with Gasteiger partial charge in [0.25, 0.3) is 0 Å². The van der Waals surface area contributed by atoms with Gasteiger partial charge >= 0.3 is 21.0 Å². The molecule has 0 saturated heterocycles. The molecule has 0 fully saturated rings. The van der Waals surface area contributed by atoms with Crippen molar-refractivity contribution in [1.29, 1.82) is 0 Å². The molecule has 0 heterocycles. The molecule has 3 N–H and O–H groups in total. The van der Waals surface area contributed by atoms with Crippen LogP contribution in [-0.2, 0) is 21.0 Å². The minimum absolute atomic E-state index is 0.372. The summed E-state index contributed by atoms with van der Waals surface area (Å²) in [5.41, 5.74) is 0. The Hall–Kier alpha value is 0.264. The van der Waals surface area contributed by atoms with E-state index in [0.29, 0.717) is 37.6 Å². The van der Waals surface area contributed by atoms with Crippen LogP contribution in [0.2, 0.25) is 0 Å². The van der Waals surface area contributed by atoms with Crippen molar-refractivity contribution < 1.29 is 36.4 Å². The third-order valence-electron chi connectivity index (χ3n) is 5.40. The molecule has 29 heavy (non-hydrogen) atoms. The topological polar surface area (TPSA) is 77.8 Å². The van der Waals surface area contributed by atoms with Gasteiger partial charge in [-0.15, -0.1) is 0 Å². The van der Waals surface area contributed by atoms with E-state index in [1.54, 1.807) is 0 Å². The molecule has 4 nitrogen and oxygen atoms in total. The molecule has 0 radical (unpaired) electrons. The van der Waals surface area contributed by atoms with Crippen LogP contribution in [0.5, 0.6) is 0 Å². The Bertz CT molecular complexity index is 205. The van der Waals surface area contributed by atoms with Gasteiger partial charge in [-0.3, -0.25) is 0 Å². The molecule has 179 valence electrons. The van der Waals surface area contributed by atoms with Crippen molar-refractivity contribution in [2.45, 2.75) is 119 Å². The van der Waals surface area contributed by atoms with Crippen molar-refractivity contribution >= 4 is 0 Å². The van der Waals surface area contributed by atoms with Gasteiger partial charge in [0.1, 0.15) is 0 Å². The summed E-state index contributed by atoms with van der Waals surface area (Å²) in [6, 6.07) is 0. The van der Waals surface area contributed by atoms with Gasteiger partial charge in [-0.1, -0.05) is 99.3 Å². The molecule has 3 unspecified atom stereocenters. The van der Waals surface area contributed by atoms with E-state index in [0.717, 1.165) is 36.6 Å². The van der Waals surface area contributed by atoms with Gasteiger partial charge in [0.15, 0.2) is 0 Å². The van der Waals surface area contributed by atoms with Crippen LogP contribution in [-0.4, -0.2) is 35.1 Å². The molecule has 0 saturated carbocycles. The quantitative estimate of drug-likeness (QED) is 0.264. The van der Waals surface area contributed by atoms with Crippen molar-refractivity contribution in [3.63, 3.8) is 0 Å². The summed E-state index contributed by atoms with van der Waals surface area (Å²) in [5, 5.41) is 26.3. The molecule has 0 spiro atoms. The van der Waals surface area contributed by atoms with Gasteiger partial charge in [0, 0.05) is 19.8 Å². The second-order valence-corrected chi connectivity index (χ2v) is 7.80. The zero-order valence-electron chi connectivity index (χ0n) is 20.5. The SMILES string of the molecule is CCCCC(CC)CO.CCCCC(CC)CO.CCCCC(CC)CO.[O]=[V]. The fraction of sp³-hybridized carbons (Fsp3) is 1.00. The van der Waals surface area contributed by atoms with Crippen molar-refractivity contribution in [1.82, 2.24) is 0 Å². The minimum atomic E-state index is 0.372. The monoisotopic (exact) mass is 457 g/mol. The van der Waals surface area contributed by atoms with E-state index in [1.165, 1.54) is 57.8 Å². The number of aliphatic hydroxyl groups excluding tert-OH is 3. The summed E-state index contributed by atoms with van der Waals surface area (Å²) in [6.07, 6.45) is 14.5. The first-order valence-electron chi connectivity index (χ1n) is 12.0. The van der Waals surface area contributed by atoms with E-state index >= 15 is 0 Å².